The van der Waals surface area contributed by atoms with Gasteiger partial charge in [-0.2, -0.15) is 0 Å². The molecule has 1 atom stereocenters. The molecule has 1 heterocycles. The second-order valence-electron chi connectivity index (χ2n) is 5.65. The van der Waals surface area contributed by atoms with E-state index in [2.05, 4.69) is 33.0 Å². The van der Waals surface area contributed by atoms with Crippen molar-refractivity contribution in [1.82, 2.24) is 4.90 Å². The highest BCUT2D eigenvalue weighted by Gasteiger charge is 2.26. The fraction of sp³-hybridized carbons (Fsp3) is 0.333. The van der Waals surface area contributed by atoms with Crippen LogP contribution >= 0.6 is 15.9 Å². The number of methoxy groups -OCH3 is 1. The standard InChI is InChI=1S/C18H19BrFNO/c1-22-18-8-7-13(10-16(18)19)12-21-9-3-6-17(21)14-4-2-5-15(20)11-14/h2,4-5,7-8,10-11,17H,3,6,9,12H2,1H3. The van der Waals surface area contributed by atoms with E-state index in [1.165, 1.54) is 11.6 Å². The lowest BCUT2D eigenvalue weighted by atomic mass is 10.0. The predicted molar refractivity (Wildman–Crippen MR) is 89.5 cm³/mol. The van der Waals surface area contributed by atoms with Crippen LogP contribution in [0.25, 0.3) is 0 Å². The number of nitrogens with zero attached hydrogens (tertiary/aromatic N) is 1. The van der Waals surface area contributed by atoms with Gasteiger partial charge in [-0.05, 0) is 70.7 Å². The number of hydrogen-bond acceptors (Lipinski definition) is 2. The first kappa shape index (κ1) is 15.5. The minimum Gasteiger partial charge on any atom is -0.496 e. The first-order valence-corrected chi connectivity index (χ1v) is 8.28. The molecule has 2 aromatic rings. The van der Waals surface area contributed by atoms with Crippen LogP contribution in [-0.2, 0) is 6.54 Å². The van der Waals surface area contributed by atoms with E-state index >= 15 is 0 Å². The third kappa shape index (κ3) is 3.33. The van der Waals surface area contributed by atoms with E-state index in [1.54, 1.807) is 19.2 Å². The summed E-state index contributed by atoms with van der Waals surface area (Å²) in [5, 5.41) is 0. The fourth-order valence-corrected chi connectivity index (χ4v) is 3.74. The average Bonchev–Trinajstić information content (AvgIpc) is 2.95. The second kappa shape index (κ2) is 6.80. The van der Waals surface area contributed by atoms with Crippen LogP contribution in [0.5, 0.6) is 5.75 Å². The van der Waals surface area contributed by atoms with Gasteiger partial charge in [0.25, 0.3) is 0 Å². The Balaban J connectivity index is 1.78. The van der Waals surface area contributed by atoms with Gasteiger partial charge in [-0.1, -0.05) is 18.2 Å². The Morgan fingerprint density at radius 2 is 2.14 bits per heavy atom. The Morgan fingerprint density at radius 3 is 2.86 bits per heavy atom. The maximum absolute atomic E-state index is 13.5. The molecule has 1 fully saturated rings. The van der Waals surface area contributed by atoms with Gasteiger partial charge in [0.15, 0.2) is 0 Å². The molecule has 2 aromatic carbocycles. The van der Waals surface area contributed by atoms with Crippen LogP contribution in [0.15, 0.2) is 46.9 Å². The summed E-state index contributed by atoms with van der Waals surface area (Å²) in [4.78, 5) is 2.42. The SMILES string of the molecule is COc1ccc(CN2CCCC2c2cccc(F)c2)cc1Br. The molecule has 1 saturated heterocycles. The fourth-order valence-electron chi connectivity index (χ4n) is 3.15. The van der Waals surface area contributed by atoms with Crippen LogP contribution in [0.4, 0.5) is 4.39 Å². The summed E-state index contributed by atoms with van der Waals surface area (Å²) in [6.45, 7) is 1.91. The van der Waals surface area contributed by atoms with Gasteiger partial charge in [-0.3, -0.25) is 4.90 Å². The molecule has 1 aliphatic heterocycles. The van der Waals surface area contributed by atoms with Crippen molar-refractivity contribution in [1.29, 1.82) is 0 Å². The highest BCUT2D eigenvalue weighted by Crippen LogP contribution is 2.34. The van der Waals surface area contributed by atoms with Crippen molar-refractivity contribution in [3.8, 4) is 5.75 Å². The lowest BCUT2D eigenvalue weighted by Crippen LogP contribution is -2.22. The van der Waals surface area contributed by atoms with Crippen LogP contribution in [0.3, 0.4) is 0 Å². The minimum atomic E-state index is -0.156. The molecule has 4 heteroatoms. The molecule has 0 aliphatic carbocycles. The smallest absolute Gasteiger partial charge is 0.133 e. The second-order valence-corrected chi connectivity index (χ2v) is 6.51. The van der Waals surface area contributed by atoms with E-state index in [0.29, 0.717) is 6.04 Å². The van der Waals surface area contributed by atoms with E-state index < -0.39 is 0 Å². The van der Waals surface area contributed by atoms with Crippen molar-refractivity contribution in [2.24, 2.45) is 0 Å². The number of likely N-dealkylation sites (tertiary alicyclic amines) is 1. The summed E-state index contributed by atoms with van der Waals surface area (Å²) in [5.41, 5.74) is 2.31. The van der Waals surface area contributed by atoms with Gasteiger partial charge >= 0.3 is 0 Å². The molecule has 0 saturated carbocycles. The van der Waals surface area contributed by atoms with Crippen molar-refractivity contribution in [2.45, 2.75) is 25.4 Å². The van der Waals surface area contributed by atoms with Gasteiger partial charge in [0.1, 0.15) is 11.6 Å². The van der Waals surface area contributed by atoms with Crippen molar-refractivity contribution >= 4 is 15.9 Å². The van der Waals surface area contributed by atoms with Crippen molar-refractivity contribution < 1.29 is 9.13 Å². The molecular formula is C18H19BrFNO. The molecule has 3 rings (SSSR count). The zero-order valence-electron chi connectivity index (χ0n) is 12.6. The molecule has 1 aliphatic rings. The summed E-state index contributed by atoms with van der Waals surface area (Å²) in [7, 11) is 1.67. The average molecular weight is 364 g/mol. The number of rotatable bonds is 4. The molecule has 1 unspecified atom stereocenters. The number of ether oxygens (including phenoxy) is 1. The van der Waals surface area contributed by atoms with Gasteiger partial charge in [0, 0.05) is 12.6 Å². The Hall–Kier alpha value is -1.39. The molecule has 0 bridgehead atoms. The molecule has 0 radical (unpaired) electrons. The number of benzene rings is 2. The molecule has 0 N–H and O–H groups in total. The summed E-state index contributed by atoms with van der Waals surface area (Å²) in [6.07, 6.45) is 2.24. The summed E-state index contributed by atoms with van der Waals surface area (Å²) >= 11 is 3.53. The largest absolute Gasteiger partial charge is 0.496 e. The van der Waals surface area contributed by atoms with Gasteiger partial charge in [0.05, 0.1) is 11.6 Å². The van der Waals surface area contributed by atoms with Crippen LogP contribution in [0.1, 0.15) is 30.0 Å². The first-order chi connectivity index (χ1) is 10.7. The van der Waals surface area contributed by atoms with Crippen LogP contribution in [0.2, 0.25) is 0 Å². The predicted octanol–water partition coefficient (Wildman–Crippen LogP) is 4.93. The molecule has 0 aromatic heterocycles. The van der Waals surface area contributed by atoms with E-state index in [1.807, 2.05) is 12.1 Å². The normalized spacial score (nSPS) is 18.6. The molecule has 0 amide bonds. The Morgan fingerprint density at radius 1 is 1.27 bits per heavy atom. The molecular weight excluding hydrogens is 345 g/mol. The first-order valence-electron chi connectivity index (χ1n) is 7.49. The highest BCUT2D eigenvalue weighted by atomic mass is 79.9. The Kier molecular flexibility index (Phi) is 4.79. The van der Waals surface area contributed by atoms with Gasteiger partial charge < -0.3 is 4.74 Å². The van der Waals surface area contributed by atoms with Crippen molar-refractivity contribution in [3.05, 3.63) is 63.9 Å². The lowest BCUT2D eigenvalue weighted by Gasteiger charge is -2.25. The third-order valence-electron chi connectivity index (χ3n) is 4.20. The molecule has 116 valence electrons. The highest BCUT2D eigenvalue weighted by molar-refractivity contribution is 9.10. The number of hydrogen-bond donors (Lipinski definition) is 0. The van der Waals surface area contributed by atoms with Crippen LogP contribution in [-0.4, -0.2) is 18.6 Å². The summed E-state index contributed by atoms with van der Waals surface area (Å²) in [6, 6.07) is 13.4. The van der Waals surface area contributed by atoms with Gasteiger partial charge in [0.2, 0.25) is 0 Å². The number of halogens is 2. The Bertz CT molecular complexity index is 661. The van der Waals surface area contributed by atoms with E-state index in [4.69, 9.17) is 4.74 Å². The molecule has 0 spiro atoms. The van der Waals surface area contributed by atoms with E-state index in [9.17, 15) is 4.39 Å². The zero-order valence-corrected chi connectivity index (χ0v) is 14.1. The van der Waals surface area contributed by atoms with E-state index in [0.717, 1.165) is 41.7 Å². The maximum Gasteiger partial charge on any atom is 0.133 e. The minimum absolute atomic E-state index is 0.156. The third-order valence-corrected chi connectivity index (χ3v) is 4.82. The molecule has 22 heavy (non-hydrogen) atoms. The van der Waals surface area contributed by atoms with Crippen molar-refractivity contribution in [2.75, 3.05) is 13.7 Å². The van der Waals surface area contributed by atoms with Crippen molar-refractivity contribution in [3.63, 3.8) is 0 Å². The monoisotopic (exact) mass is 363 g/mol. The maximum atomic E-state index is 13.5. The lowest BCUT2D eigenvalue weighted by molar-refractivity contribution is 0.248. The summed E-state index contributed by atoms with van der Waals surface area (Å²) < 4.78 is 19.7. The Labute approximate surface area is 139 Å². The van der Waals surface area contributed by atoms with Gasteiger partial charge in [-0.25, -0.2) is 4.39 Å². The summed E-state index contributed by atoms with van der Waals surface area (Å²) in [5.74, 6) is 0.684. The van der Waals surface area contributed by atoms with Crippen LogP contribution in [0, 0.1) is 5.82 Å². The molecule has 2 nitrogen and oxygen atoms in total. The quantitative estimate of drug-likeness (QED) is 0.763. The van der Waals surface area contributed by atoms with E-state index in [-0.39, 0.29) is 5.82 Å². The topological polar surface area (TPSA) is 12.5 Å². The van der Waals surface area contributed by atoms with Crippen LogP contribution < -0.4 is 4.74 Å². The van der Waals surface area contributed by atoms with Gasteiger partial charge in [-0.15, -0.1) is 0 Å². The zero-order chi connectivity index (χ0) is 15.5.